The van der Waals surface area contributed by atoms with Crippen LogP contribution < -0.4 is 16.0 Å². The summed E-state index contributed by atoms with van der Waals surface area (Å²) in [6.45, 7) is 0.704. The normalized spacial score (nSPS) is 22.1. The Morgan fingerprint density at radius 1 is 0.957 bits per heavy atom. The first-order chi connectivity index (χ1) is 21.9. The summed E-state index contributed by atoms with van der Waals surface area (Å²) in [6.07, 6.45) is 0.872. The van der Waals surface area contributed by atoms with Gasteiger partial charge in [0, 0.05) is 48.4 Å². The van der Waals surface area contributed by atoms with Gasteiger partial charge in [-0.15, -0.1) is 0 Å². The van der Waals surface area contributed by atoms with Crippen LogP contribution in [0.15, 0.2) is 60.7 Å². The molecule has 46 heavy (non-hydrogen) atoms. The number of nitrogens with one attached hydrogen (secondary N) is 3. The Balaban J connectivity index is 1.44. The molecular formula is C32H34F4N4O5S. The van der Waals surface area contributed by atoms with E-state index >= 15 is 4.39 Å². The van der Waals surface area contributed by atoms with Gasteiger partial charge >= 0.3 is 6.09 Å². The van der Waals surface area contributed by atoms with E-state index in [0.717, 1.165) is 37.1 Å². The van der Waals surface area contributed by atoms with Crippen molar-refractivity contribution in [2.45, 2.75) is 56.1 Å². The predicted octanol–water partition coefficient (Wildman–Crippen LogP) is 4.74. The first-order valence-electron chi connectivity index (χ1n) is 14.9. The van der Waals surface area contributed by atoms with Crippen LogP contribution in [0.3, 0.4) is 0 Å². The lowest BCUT2D eigenvalue weighted by molar-refractivity contribution is -0.118. The molecule has 4 N–H and O–H groups in total. The maximum Gasteiger partial charge on any atom is 0.405 e. The highest BCUT2D eigenvalue weighted by molar-refractivity contribution is 7.89. The van der Waals surface area contributed by atoms with Crippen LogP contribution >= 0.6 is 0 Å². The fourth-order valence-corrected chi connectivity index (χ4v) is 8.14. The summed E-state index contributed by atoms with van der Waals surface area (Å²) < 4.78 is 85.3. The third kappa shape index (κ3) is 7.85. The molecule has 2 aliphatic heterocycles. The van der Waals surface area contributed by atoms with Gasteiger partial charge in [-0.05, 0) is 73.2 Å². The van der Waals surface area contributed by atoms with Crippen molar-refractivity contribution >= 4 is 27.7 Å². The quantitative estimate of drug-likeness (QED) is 0.245. The fourth-order valence-electron chi connectivity index (χ4n) is 6.29. The van der Waals surface area contributed by atoms with Gasteiger partial charge in [0.2, 0.25) is 15.9 Å². The van der Waals surface area contributed by atoms with Gasteiger partial charge in [-0.3, -0.25) is 4.79 Å². The van der Waals surface area contributed by atoms with Gasteiger partial charge < -0.3 is 21.1 Å². The smallest absolute Gasteiger partial charge is 0.405 e. The van der Waals surface area contributed by atoms with Gasteiger partial charge in [0.25, 0.3) is 0 Å². The lowest BCUT2D eigenvalue weighted by atomic mass is 9.84. The molecule has 2 bridgehead atoms. The third-order valence-electron chi connectivity index (χ3n) is 8.48. The number of carbonyl (C=O) groups excluding carboxylic acids is 1. The molecule has 0 radical (unpaired) electrons. The molecule has 5 rings (SSSR count). The number of halogens is 4. The molecule has 0 aliphatic carbocycles. The zero-order valence-corrected chi connectivity index (χ0v) is 25.5. The molecule has 246 valence electrons. The standard InChI is InChI=1S/C32H34F4N4O5S/c33-21-9-7-19(8-10-21)29(20-14-22(34)16-23(35)15-20)30(39-32(42)43)31(41)38-28-6-3-5-27(36)26(28)12-11-25-17-37-24-4-1-2-13-46(44,45)40(25)18-24/h3,5-10,14-16,24-25,29-30,37,39H,1-2,4,11-13,17-18H2,(H,38,41)(H,42,43)/t24-,25+,29+,30+/m1/s1. The minimum absolute atomic E-state index is 0.0163. The molecule has 1 unspecified atom stereocenters. The summed E-state index contributed by atoms with van der Waals surface area (Å²) >= 11 is 0. The number of anilines is 1. The molecule has 5 atom stereocenters. The number of nitrogens with zero attached hydrogens (tertiary/aromatic N) is 1. The molecule has 2 fully saturated rings. The minimum Gasteiger partial charge on any atom is -0.465 e. The molecular weight excluding hydrogens is 628 g/mol. The Kier molecular flexibility index (Phi) is 10.3. The van der Waals surface area contributed by atoms with E-state index in [1.807, 2.05) is 0 Å². The zero-order chi connectivity index (χ0) is 33.0. The molecule has 2 aliphatic rings. The summed E-state index contributed by atoms with van der Waals surface area (Å²) in [5.74, 6) is -5.50. The van der Waals surface area contributed by atoms with Crippen molar-refractivity contribution in [1.82, 2.24) is 14.9 Å². The van der Waals surface area contributed by atoms with Crippen LogP contribution in [-0.2, 0) is 21.2 Å². The van der Waals surface area contributed by atoms with Gasteiger partial charge in [0.1, 0.15) is 29.3 Å². The second-order valence-corrected chi connectivity index (χ2v) is 13.6. The van der Waals surface area contributed by atoms with Crippen LogP contribution in [-0.4, -0.2) is 66.8 Å². The van der Waals surface area contributed by atoms with Crippen LogP contribution in [0.4, 0.5) is 28.0 Å². The van der Waals surface area contributed by atoms with E-state index in [1.54, 1.807) is 0 Å². The van der Waals surface area contributed by atoms with E-state index in [9.17, 15) is 36.3 Å². The maximum absolute atomic E-state index is 15.3. The lowest BCUT2D eigenvalue weighted by Crippen LogP contribution is -2.59. The molecule has 3 aromatic carbocycles. The topological polar surface area (TPSA) is 128 Å². The van der Waals surface area contributed by atoms with E-state index in [4.69, 9.17) is 0 Å². The number of fused-ring (bicyclic) bond motifs is 2. The number of benzene rings is 3. The maximum atomic E-state index is 15.3. The van der Waals surface area contributed by atoms with Gasteiger partial charge in [0.05, 0.1) is 5.75 Å². The molecule has 2 amide bonds. The highest BCUT2D eigenvalue weighted by atomic mass is 32.2. The molecule has 0 spiro atoms. The third-order valence-corrected chi connectivity index (χ3v) is 10.5. The molecule has 2 saturated heterocycles. The second kappa shape index (κ2) is 14.2. The molecule has 0 aromatic heterocycles. The predicted molar refractivity (Wildman–Crippen MR) is 163 cm³/mol. The number of carbonyl (C=O) groups is 2. The van der Waals surface area contributed by atoms with Crippen molar-refractivity contribution in [3.8, 4) is 0 Å². The highest BCUT2D eigenvalue weighted by Gasteiger charge is 2.37. The summed E-state index contributed by atoms with van der Waals surface area (Å²) in [4.78, 5) is 25.7. The van der Waals surface area contributed by atoms with E-state index in [2.05, 4.69) is 16.0 Å². The Bertz CT molecular complexity index is 1670. The Morgan fingerprint density at radius 3 is 2.37 bits per heavy atom. The zero-order valence-electron chi connectivity index (χ0n) is 24.7. The van der Waals surface area contributed by atoms with Crippen LogP contribution in [0.1, 0.15) is 48.3 Å². The summed E-state index contributed by atoms with van der Waals surface area (Å²) in [6, 6.07) is 9.00. The molecule has 3 aromatic rings. The van der Waals surface area contributed by atoms with Crippen molar-refractivity contribution in [3.63, 3.8) is 0 Å². The summed E-state index contributed by atoms with van der Waals surface area (Å²) in [5, 5.41) is 17.7. The van der Waals surface area contributed by atoms with Crippen molar-refractivity contribution in [2.75, 3.05) is 24.2 Å². The van der Waals surface area contributed by atoms with Crippen LogP contribution in [0.5, 0.6) is 0 Å². The second-order valence-electron chi connectivity index (χ2n) is 11.6. The SMILES string of the molecule is O=C(O)N[C@H](C(=O)Nc1cccc(F)c1CC[C@H]1CN[C@@H]2CCCCS(=O)(=O)N1C2)[C@@H](c1ccc(F)cc1)c1cc(F)cc(F)c1. The largest absolute Gasteiger partial charge is 0.465 e. The molecule has 14 heteroatoms. The number of piperazine rings is 1. The number of sulfonamides is 1. The number of carboxylic acid groups (broad SMARTS) is 1. The monoisotopic (exact) mass is 662 g/mol. The summed E-state index contributed by atoms with van der Waals surface area (Å²) in [5.41, 5.74) is 0.168. The van der Waals surface area contributed by atoms with Crippen LogP contribution in [0.2, 0.25) is 0 Å². The van der Waals surface area contributed by atoms with Gasteiger partial charge in [-0.1, -0.05) is 24.6 Å². The molecule has 0 saturated carbocycles. The average Bonchev–Trinajstić information content (AvgIpc) is 2.98. The number of hydrogen-bond donors (Lipinski definition) is 4. The first kappa shape index (κ1) is 33.4. The number of hydrogen-bond acceptors (Lipinski definition) is 5. The van der Waals surface area contributed by atoms with E-state index in [1.165, 1.54) is 34.6 Å². The molecule has 2 heterocycles. The summed E-state index contributed by atoms with van der Waals surface area (Å²) in [7, 11) is -3.51. The van der Waals surface area contributed by atoms with Crippen molar-refractivity contribution < 1.29 is 40.7 Å². The lowest BCUT2D eigenvalue weighted by Gasteiger charge is -2.41. The van der Waals surface area contributed by atoms with Crippen LogP contribution in [0.25, 0.3) is 0 Å². The number of amides is 2. The average molecular weight is 663 g/mol. The van der Waals surface area contributed by atoms with Gasteiger partial charge in [-0.25, -0.2) is 30.8 Å². The van der Waals surface area contributed by atoms with E-state index in [0.29, 0.717) is 25.6 Å². The van der Waals surface area contributed by atoms with Crippen molar-refractivity contribution in [2.24, 2.45) is 0 Å². The van der Waals surface area contributed by atoms with E-state index < -0.39 is 63.3 Å². The van der Waals surface area contributed by atoms with Crippen molar-refractivity contribution in [3.05, 3.63) is 101 Å². The first-order valence-corrected chi connectivity index (χ1v) is 16.5. The Hall–Kier alpha value is -4.01. The van der Waals surface area contributed by atoms with E-state index in [-0.39, 0.29) is 47.0 Å². The Labute approximate surface area is 264 Å². The van der Waals surface area contributed by atoms with Gasteiger partial charge in [-0.2, -0.15) is 4.31 Å². The Morgan fingerprint density at radius 2 is 1.67 bits per heavy atom. The number of rotatable bonds is 9. The highest BCUT2D eigenvalue weighted by Crippen LogP contribution is 2.32. The minimum atomic E-state index is -3.51. The van der Waals surface area contributed by atoms with Crippen LogP contribution in [0, 0.1) is 23.3 Å². The fraction of sp³-hybridized carbons (Fsp3) is 0.375. The van der Waals surface area contributed by atoms with Gasteiger partial charge in [0.15, 0.2) is 0 Å². The van der Waals surface area contributed by atoms with Crippen molar-refractivity contribution in [1.29, 1.82) is 0 Å². The molecule has 9 nitrogen and oxygen atoms in total.